The van der Waals surface area contributed by atoms with Crippen LogP contribution in [0.2, 0.25) is 0 Å². The SMILES string of the molecule is CC(C)(C)c1cc2c(c(C(C)(C)[O][Hg][c]3ccccc3)c1)SOC2(C)C. The van der Waals surface area contributed by atoms with Gasteiger partial charge in [0.15, 0.2) is 0 Å². The van der Waals surface area contributed by atoms with Crippen molar-refractivity contribution < 1.29 is 31.9 Å². The van der Waals surface area contributed by atoms with E-state index in [1.807, 2.05) is 0 Å². The van der Waals surface area contributed by atoms with Crippen LogP contribution in [0, 0.1) is 0 Å². The van der Waals surface area contributed by atoms with E-state index in [0.29, 0.717) is 0 Å². The van der Waals surface area contributed by atoms with Crippen molar-refractivity contribution in [2.24, 2.45) is 0 Å². The molecular weight excluding hydrogens is 529 g/mol. The van der Waals surface area contributed by atoms with E-state index in [1.54, 1.807) is 0 Å². The van der Waals surface area contributed by atoms with Crippen LogP contribution in [0.25, 0.3) is 0 Å². The van der Waals surface area contributed by atoms with Crippen LogP contribution < -0.4 is 3.07 Å². The molecule has 0 saturated heterocycles. The molecule has 0 spiro atoms. The third kappa shape index (κ3) is 4.21. The third-order valence-corrected chi connectivity index (χ3v) is 12.6. The molecule has 1 heterocycles. The van der Waals surface area contributed by atoms with E-state index >= 15 is 0 Å². The summed E-state index contributed by atoms with van der Waals surface area (Å²) in [5.41, 5.74) is 3.42. The Kier molecular flexibility index (Phi) is 5.67. The van der Waals surface area contributed by atoms with Crippen LogP contribution in [-0.2, 0) is 48.5 Å². The molecule has 0 amide bonds. The molecule has 3 rings (SSSR count). The summed E-state index contributed by atoms with van der Waals surface area (Å²) in [7, 11) is 0. The van der Waals surface area contributed by atoms with Crippen molar-refractivity contribution in [3.63, 3.8) is 0 Å². The van der Waals surface area contributed by atoms with Gasteiger partial charge in [0, 0.05) is 0 Å². The van der Waals surface area contributed by atoms with Gasteiger partial charge in [-0.1, -0.05) is 0 Å². The summed E-state index contributed by atoms with van der Waals surface area (Å²) in [6.45, 7) is 15.5. The van der Waals surface area contributed by atoms with Gasteiger partial charge < -0.3 is 0 Å². The Labute approximate surface area is 175 Å². The molecule has 26 heavy (non-hydrogen) atoms. The fourth-order valence-corrected chi connectivity index (χ4v) is 8.78. The monoisotopic (exact) mass is 558 g/mol. The van der Waals surface area contributed by atoms with E-state index in [-0.39, 0.29) is 16.6 Å². The van der Waals surface area contributed by atoms with Crippen LogP contribution >= 0.6 is 12.0 Å². The molecule has 1 aliphatic rings. The van der Waals surface area contributed by atoms with Crippen molar-refractivity contribution in [3.8, 4) is 0 Å². The number of benzene rings is 2. The Bertz CT molecular complexity index is 792. The van der Waals surface area contributed by atoms with E-state index < -0.39 is 25.0 Å². The Morgan fingerprint density at radius 3 is 2.27 bits per heavy atom. The van der Waals surface area contributed by atoms with Crippen LogP contribution in [0.4, 0.5) is 0 Å². The fraction of sp³-hybridized carbons (Fsp3) is 0.455. The van der Waals surface area contributed by atoms with E-state index in [4.69, 9.17) is 6.83 Å². The van der Waals surface area contributed by atoms with Gasteiger partial charge in [-0.05, 0) is 0 Å². The molecule has 4 heteroatoms. The molecule has 2 aromatic carbocycles. The maximum atomic E-state index is 6.62. The molecule has 136 valence electrons. The van der Waals surface area contributed by atoms with Gasteiger partial charge in [-0.3, -0.25) is 0 Å². The number of fused-ring (bicyclic) bond motifs is 1. The van der Waals surface area contributed by atoms with Gasteiger partial charge in [-0.15, -0.1) is 0 Å². The van der Waals surface area contributed by atoms with E-state index in [2.05, 4.69) is 90.9 Å². The van der Waals surface area contributed by atoms with Crippen molar-refractivity contribution in [2.75, 3.05) is 0 Å². The summed E-state index contributed by atoms with van der Waals surface area (Å²) in [6.07, 6.45) is 0. The van der Waals surface area contributed by atoms with Crippen molar-refractivity contribution >= 4 is 15.1 Å². The van der Waals surface area contributed by atoms with Gasteiger partial charge in [-0.2, -0.15) is 0 Å². The van der Waals surface area contributed by atoms with Gasteiger partial charge in [0.25, 0.3) is 0 Å². The average molecular weight is 557 g/mol. The molecule has 2 aromatic rings. The minimum absolute atomic E-state index is 0.0902. The van der Waals surface area contributed by atoms with Crippen LogP contribution in [0.1, 0.15) is 65.2 Å². The standard InChI is InChI=1S/C16H23O2S.C6H5.Hg/c1-14(2,3)10-8-11(15(4,5)17)13-12(9-10)16(6,7)18-19-13;1-2-4-6-5-3-1;/h8-9H,1-7H3;1-5H;/q-1;;+1. The Balaban J connectivity index is 2.01. The van der Waals surface area contributed by atoms with Crippen LogP contribution in [0.3, 0.4) is 0 Å². The zero-order valence-corrected chi connectivity index (χ0v) is 23.3. The molecule has 0 unspecified atom stereocenters. The Morgan fingerprint density at radius 1 is 1.00 bits per heavy atom. The first-order chi connectivity index (χ1) is 12.0. The number of hydrogen-bond donors (Lipinski definition) is 0. The molecule has 0 atom stereocenters. The van der Waals surface area contributed by atoms with Gasteiger partial charge in [0.2, 0.25) is 0 Å². The molecule has 1 aliphatic heterocycles. The van der Waals surface area contributed by atoms with Gasteiger partial charge >= 0.3 is 176 Å². The third-order valence-electron chi connectivity index (χ3n) is 5.03. The predicted molar refractivity (Wildman–Crippen MR) is 105 cm³/mol. The van der Waals surface area contributed by atoms with E-state index in [0.717, 1.165) is 0 Å². The van der Waals surface area contributed by atoms with Crippen molar-refractivity contribution in [2.45, 2.75) is 70.0 Å². The van der Waals surface area contributed by atoms with Crippen LogP contribution in [-0.4, -0.2) is 0 Å². The predicted octanol–water partition coefficient (Wildman–Crippen LogP) is 5.83. The summed E-state index contributed by atoms with van der Waals surface area (Å²) in [4.78, 5) is 1.24. The molecule has 0 aliphatic carbocycles. The van der Waals surface area contributed by atoms with E-state index in [9.17, 15) is 0 Å². The number of hydrogen-bond acceptors (Lipinski definition) is 3. The summed E-state index contributed by atoms with van der Waals surface area (Å²) >= 11 is -0.122. The topological polar surface area (TPSA) is 18.5 Å². The first-order valence-electron chi connectivity index (χ1n) is 9.24. The van der Waals surface area contributed by atoms with Gasteiger partial charge in [-0.25, -0.2) is 0 Å². The molecule has 0 bridgehead atoms. The molecule has 2 nitrogen and oxygen atoms in total. The summed E-state index contributed by atoms with van der Waals surface area (Å²) < 4.78 is 14.1. The number of rotatable bonds is 4. The maximum absolute atomic E-state index is 6.62. The summed E-state index contributed by atoms with van der Waals surface area (Å²) in [6, 6.07) is 15.4. The fourth-order valence-electron chi connectivity index (χ4n) is 3.15. The Hall–Kier alpha value is -0.355. The summed E-state index contributed by atoms with van der Waals surface area (Å²) in [5.74, 6) is 0. The zero-order chi connectivity index (χ0) is 19.2. The van der Waals surface area contributed by atoms with Crippen LogP contribution in [0.5, 0.6) is 0 Å². The van der Waals surface area contributed by atoms with Crippen molar-refractivity contribution in [3.05, 3.63) is 59.2 Å². The second-order valence-corrected chi connectivity index (χ2v) is 15.3. The molecule has 0 fully saturated rings. The Morgan fingerprint density at radius 2 is 1.65 bits per heavy atom. The first-order valence-corrected chi connectivity index (χ1v) is 15.0. The molecule has 0 aromatic heterocycles. The normalized spacial score (nSPS) is 16.3. The average Bonchev–Trinajstić information content (AvgIpc) is 2.88. The second kappa shape index (κ2) is 7.23. The quantitative estimate of drug-likeness (QED) is 0.349. The van der Waals surface area contributed by atoms with Crippen LogP contribution in [0.15, 0.2) is 47.4 Å². The van der Waals surface area contributed by atoms with Gasteiger partial charge in [0.05, 0.1) is 0 Å². The second-order valence-electron chi connectivity index (χ2n) is 9.11. The molecule has 0 saturated carbocycles. The molecular formula is C22H28HgO2S. The zero-order valence-electron chi connectivity index (χ0n) is 17.0. The molecule has 0 radical (unpaired) electrons. The van der Waals surface area contributed by atoms with Gasteiger partial charge in [0.1, 0.15) is 0 Å². The van der Waals surface area contributed by atoms with E-state index in [1.165, 1.54) is 36.7 Å². The van der Waals surface area contributed by atoms with Crippen molar-refractivity contribution in [1.29, 1.82) is 0 Å². The first kappa shape index (κ1) is 20.4. The minimum atomic E-state index is -1.64. The summed E-state index contributed by atoms with van der Waals surface area (Å²) in [5, 5.41) is 0. The molecule has 0 N–H and O–H groups in total. The van der Waals surface area contributed by atoms with Crippen molar-refractivity contribution in [1.82, 2.24) is 0 Å².